The average Bonchev–Trinajstić information content (AvgIpc) is 3.16. The molecule has 0 saturated carbocycles. The van der Waals surface area contributed by atoms with Crippen molar-refractivity contribution in [1.82, 2.24) is 0 Å². The Hall–Kier alpha value is -4.11. The summed E-state index contributed by atoms with van der Waals surface area (Å²) in [5.41, 5.74) is 7.24. The minimum Gasteiger partial charge on any atom is -0.497 e. The van der Waals surface area contributed by atoms with Crippen LogP contribution in [0.4, 0.5) is 11.4 Å². The monoisotopic (exact) mass is 490 g/mol. The summed E-state index contributed by atoms with van der Waals surface area (Å²) in [6.45, 7) is -0.430. The van der Waals surface area contributed by atoms with E-state index in [-0.39, 0.29) is 29.6 Å². The predicted octanol–water partition coefficient (Wildman–Crippen LogP) is 3.74. The van der Waals surface area contributed by atoms with Crippen LogP contribution < -0.4 is 15.4 Å². The zero-order valence-electron chi connectivity index (χ0n) is 18.8. The Bertz CT molecular complexity index is 1270. The van der Waals surface area contributed by atoms with Gasteiger partial charge in [-0.3, -0.25) is 14.4 Å². The standard InChI is InChI=1S/C26H22N2O6S/c1-33-20-4-2-3-17(13-20)22(29)15-34-26(32)16-5-9-19(10-6-16)28-24(30)14-23(25(28)31)35-21-11-7-18(27)8-12-21/h2-13,23H,14-15,27H2,1H3. The first kappa shape index (κ1) is 24.0. The Morgan fingerprint density at radius 2 is 1.71 bits per heavy atom. The molecular weight excluding hydrogens is 468 g/mol. The molecule has 0 spiro atoms. The van der Waals surface area contributed by atoms with E-state index in [4.69, 9.17) is 15.2 Å². The quantitative estimate of drug-likeness (QED) is 0.220. The van der Waals surface area contributed by atoms with Crippen molar-refractivity contribution in [3.8, 4) is 5.75 Å². The second kappa shape index (κ2) is 10.4. The zero-order valence-corrected chi connectivity index (χ0v) is 19.6. The molecule has 1 saturated heterocycles. The molecule has 1 aliphatic rings. The van der Waals surface area contributed by atoms with Gasteiger partial charge >= 0.3 is 5.97 Å². The number of Topliss-reactive ketones (excluding diaryl/α,β-unsaturated/α-hetero) is 1. The number of carbonyl (C=O) groups is 4. The topological polar surface area (TPSA) is 116 Å². The number of nitrogen functional groups attached to an aromatic ring is 1. The maximum Gasteiger partial charge on any atom is 0.338 e. The molecule has 0 radical (unpaired) electrons. The van der Waals surface area contributed by atoms with Crippen molar-refractivity contribution in [2.45, 2.75) is 16.6 Å². The van der Waals surface area contributed by atoms with Crippen LogP contribution >= 0.6 is 11.8 Å². The van der Waals surface area contributed by atoms with Crippen molar-refractivity contribution in [3.63, 3.8) is 0 Å². The maximum atomic E-state index is 12.9. The molecule has 8 nitrogen and oxygen atoms in total. The minimum absolute atomic E-state index is 0.0735. The Morgan fingerprint density at radius 1 is 1.00 bits per heavy atom. The number of rotatable bonds is 8. The highest BCUT2D eigenvalue weighted by molar-refractivity contribution is 8.00. The van der Waals surface area contributed by atoms with Crippen LogP contribution in [-0.2, 0) is 14.3 Å². The van der Waals surface area contributed by atoms with Gasteiger partial charge in [-0.15, -0.1) is 11.8 Å². The Balaban J connectivity index is 1.37. The SMILES string of the molecule is COc1cccc(C(=O)COC(=O)c2ccc(N3C(=O)CC(Sc4ccc(N)cc4)C3=O)cc2)c1. The number of carbonyl (C=O) groups excluding carboxylic acids is 4. The van der Waals surface area contributed by atoms with Gasteiger partial charge in [0.05, 0.1) is 23.6 Å². The Kier molecular flexibility index (Phi) is 7.17. The number of thioether (sulfide) groups is 1. The first-order valence-electron chi connectivity index (χ1n) is 10.7. The first-order valence-corrected chi connectivity index (χ1v) is 11.6. The largest absolute Gasteiger partial charge is 0.497 e. The number of methoxy groups -OCH3 is 1. The summed E-state index contributed by atoms with van der Waals surface area (Å²) >= 11 is 1.31. The number of esters is 1. The molecule has 2 N–H and O–H groups in total. The third kappa shape index (κ3) is 5.52. The molecule has 35 heavy (non-hydrogen) atoms. The van der Waals surface area contributed by atoms with Gasteiger partial charge in [-0.1, -0.05) is 12.1 Å². The first-order chi connectivity index (χ1) is 16.9. The van der Waals surface area contributed by atoms with E-state index in [1.807, 2.05) is 0 Å². The summed E-state index contributed by atoms with van der Waals surface area (Å²) in [7, 11) is 1.50. The van der Waals surface area contributed by atoms with Crippen molar-refractivity contribution in [1.29, 1.82) is 0 Å². The zero-order chi connectivity index (χ0) is 24.9. The number of benzene rings is 3. The molecule has 0 bridgehead atoms. The predicted molar refractivity (Wildman–Crippen MR) is 132 cm³/mol. The van der Waals surface area contributed by atoms with E-state index >= 15 is 0 Å². The number of amides is 2. The minimum atomic E-state index is -0.691. The fraction of sp³-hybridized carbons (Fsp3) is 0.154. The van der Waals surface area contributed by atoms with Crippen molar-refractivity contribution in [2.75, 3.05) is 24.4 Å². The third-order valence-electron chi connectivity index (χ3n) is 5.35. The Labute approximate surface area is 206 Å². The molecular formula is C26H22N2O6S. The molecule has 0 aromatic heterocycles. The van der Waals surface area contributed by atoms with E-state index in [1.165, 1.54) is 43.1 Å². The van der Waals surface area contributed by atoms with Crippen LogP contribution in [-0.4, -0.2) is 42.5 Å². The van der Waals surface area contributed by atoms with Gasteiger partial charge in [0.25, 0.3) is 0 Å². The lowest BCUT2D eigenvalue weighted by atomic mass is 10.1. The number of ketones is 1. The second-order valence-electron chi connectivity index (χ2n) is 7.73. The summed E-state index contributed by atoms with van der Waals surface area (Å²) in [6.07, 6.45) is 0.0735. The molecule has 178 valence electrons. The highest BCUT2D eigenvalue weighted by Crippen LogP contribution is 2.34. The molecule has 2 amide bonds. The molecule has 3 aromatic rings. The molecule has 1 unspecified atom stereocenters. The number of ether oxygens (including phenoxy) is 2. The molecule has 0 aliphatic carbocycles. The second-order valence-corrected chi connectivity index (χ2v) is 9.00. The average molecular weight is 491 g/mol. The summed E-state index contributed by atoms with van der Waals surface area (Å²) in [5, 5.41) is -0.543. The van der Waals surface area contributed by atoms with Crippen molar-refractivity contribution in [3.05, 3.63) is 83.9 Å². The smallest absolute Gasteiger partial charge is 0.338 e. The highest BCUT2D eigenvalue weighted by atomic mass is 32.2. The Morgan fingerprint density at radius 3 is 2.40 bits per heavy atom. The number of anilines is 2. The molecule has 1 atom stereocenters. The van der Waals surface area contributed by atoms with Crippen molar-refractivity contribution in [2.24, 2.45) is 0 Å². The summed E-state index contributed by atoms with van der Waals surface area (Å²) in [4.78, 5) is 52.1. The van der Waals surface area contributed by atoms with Crippen LogP contribution in [0.3, 0.4) is 0 Å². The van der Waals surface area contributed by atoms with Crippen molar-refractivity contribution < 1.29 is 28.7 Å². The van der Waals surface area contributed by atoms with E-state index in [0.29, 0.717) is 22.7 Å². The van der Waals surface area contributed by atoms with Gasteiger partial charge in [-0.25, -0.2) is 9.69 Å². The molecule has 1 fully saturated rings. The molecule has 1 aliphatic heterocycles. The summed E-state index contributed by atoms with van der Waals surface area (Å²) in [6, 6.07) is 19.6. The summed E-state index contributed by atoms with van der Waals surface area (Å²) in [5.74, 6) is -1.17. The van der Waals surface area contributed by atoms with Gasteiger partial charge in [0, 0.05) is 22.6 Å². The fourth-order valence-electron chi connectivity index (χ4n) is 3.52. The molecule has 9 heteroatoms. The molecule has 3 aromatic carbocycles. The fourth-order valence-corrected chi connectivity index (χ4v) is 4.57. The van der Waals surface area contributed by atoms with Crippen LogP contribution in [0.25, 0.3) is 0 Å². The van der Waals surface area contributed by atoms with Crippen LogP contribution in [0.2, 0.25) is 0 Å². The normalized spacial score (nSPS) is 15.2. The molecule has 4 rings (SSSR count). The van der Waals surface area contributed by atoms with E-state index in [2.05, 4.69) is 0 Å². The van der Waals surface area contributed by atoms with Gasteiger partial charge in [-0.2, -0.15) is 0 Å². The number of nitrogens with zero attached hydrogens (tertiary/aromatic N) is 1. The number of nitrogens with two attached hydrogens (primary N) is 1. The van der Waals surface area contributed by atoms with E-state index in [1.54, 1.807) is 48.5 Å². The highest BCUT2D eigenvalue weighted by Gasteiger charge is 2.40. The number of hydrogen-bond acceptors (Lipinski definition) is 8. The lowest BCUT2D eigenvalue weighted by Crippen LogP contribution is -2.31. The van der Waals surface area contributed by atoms with Gasteiger partial charge in [-0.05, 0) is 60.7 Å². The van der Waals surface area contributed by atoms with E-state index < -0.39 is 17.8 Å². The van der Waals surface area contributed by atoms with E-state index in [9.17, 15) is 19.2 Å². The van der Waals surface area contributed by atoms with Gasteiger partial charge < -0.3 is 15.2 Å². The van der Waals surface area contributed by atoms with Gasteiger partial charge in [0.1, 0.15) is 5.75 Å². The third-order valence-corrected chi connectivity index (χ3v) is 6.55. The lowest BCUT2D eigenvalue weighted by Gasteiger charge is -2.15. The number of hydrogen-bond donors (Lipinski definition) is 1. The van der Waals surface area contributed by atoms with E-state index in [0.717, 1.165) is 9.80 Å². The van der Waals surface area contributed by atoms with Crippen LogP contribution in [0.1, 0.15) is 27.1 Å². The van der Waals surface area contributed by atoms with Gasteiger partial charge in [0.2, 0.25) is 11.8 Å². The molecule has 1 heterocycles. The maximum absolute atomic E-state index is 12.9. The van der Waals surface area contributed by atoms with Crippen molar-refractivity contribution >= 4 is 46.7 Å². The summed E-state index contributed by atoms with van der Waals surface area (Å²) < 4.78 is 10.2. The van der Waals surface area contributed by atoms with Crippen LogP contribution in [0, 0.1) is 0 Å². The van der Waals surface area contributed by atoms with Gasteiger partial charge in [0.15, 0.2) is 12.4 Å². The number of imide groups is 1. The van der Waals surface area contributed by atoms with Crippen LogP contribution in [0.5, 0.6) is 5.75 Å². The lowest BCUT2D eigenvalue weighted by molar-refractivity contribution is -0.121. The van der Waals surface area contributed by atoms with Crippen LogP contribution in [0.15, 0.2) is 77.7 Å².